The fraction of sp³-hybridized carbons (Fsp3) is 0.667. The van der Waals surface area contributed by atoms with E-state index in [1.54, 1.807) is 0 Å². The van der Waals surface area contributed by atoms with Crippen LogP contribution >= 0.6 is 11.8 Å². The molecule has 0 bridgehead atoms. The summed E-state index contributed by atoms with van der Waals surface area (Å²) in [6.07, 6.45) is -0.0601. The first kappa shape index (κ1) is 31.8. The Morgan fingerprint density at radius 3 is 1.33 bits per heavy atom. The molecule has 4 nitrogen and oxygen atoms in total. The molecule has 0 heterocycles. The summed E-state index contributed by atoms with van der Waals surface area (Å²) >= 11 is 1.27. The van der Waals surface area contributed by atoms with Crippen molar-refractivity contribution in [3.8, 4) is 0 Å². The van der Waals surface area contributed by atoms with Gasteiger partial charge in [-0.25, -0.2) is 0 Å². The molecular weight excluding hydrogens is 292 g/mol. The van der Waals surface area contributed by atoms with Gasteiger partial charge < -0.3 is 19.8 Å². The first-order chi connectivity index (χ1) is 5.13. The zero-order chi connectivity index (χ0) is 8.69. The standard InChI is InChI=1S/C6H10O4S.2K.2Na.2H/c7-5(8)1-3-11-4-2-6(9)10;;;;;;/h1-4H2,(H,7,8)(H,9,10);;;;;;/q;2*+1;;;;/p-2. The predicted molar refractivity (Wildman–Crippen MR) is 50.9 cm³/mol. The Bertz CT molecular complexity index is 146. The van der Waals surface area contributed by atoms with Crippen LogP contribution in [0.5, 0.6) is 0 Å². The van der Waals surface area contributed by atoms with Crippen LogP contribution < -0.4 is 113 Å². The van der Waals surface area contributed by atoms with Gasteiger partial charge in [0.2, 0.25) is 0 Å². The molecule has 0 aromatic heterocycles. The molecule has 0 aliphatic rings. The van der Waals surface area contributed by atoms with Gasteiger partial charge in [0.25, 0.3) is 0 Å². The van der Waals surface area contributed by atoms with E-state index in [1.807, 2.05) is 0 Å². The zero-order valence-corrected chi connectivity index (χ0v) is 14.9. The first-order valence-electron chi connectivity index (χ1n) is 3.10. The topological polar surface area (TPSA) is 80.3 Å². The maximum atomic E-state index is 9.84. The van der Waals surface area contributed by atoms with Crippen molar-refractivity contribution in [3.05, 3.63) is 0 Å². The summed E-state index contributed by atoms with van der Waals surface area (Å²) in [5.41, 5.74) is 0. The Labute approximate surface area is 223 Å². The van der Waals surface area contributed by atoms with Gasteiger partial charge in [-0.1, -0.05) is 0 Å². The Kier molecular flexibility index (Phi) is 50.1. The van der Waals surface area contributed by atoms with Gasteiger partial charge in [-0.15, -0.1) is 0 Å². The van der Waals surface area contributed by atoms with E-state index >= 15 is 0 Å². The van der Waals surface area contributed by atoms with E-state index in [-0.39, 0.29) is 175 Å². The molecule has 0 saturated heterocycles. The van der Waals surface area contributed by atoms with Gasteiger partial charge in [0.15, 0.2) is 0 Å². The number of carboxylic acid groups (broad SMARTS) is 2. The van der Waals surface area contributed by atoms with Gasteiger partial charge in [0.1, 0.15) is 0 Å². The molecule has 0 spiro atoms. The van der Waals surface area contributed by atoms with Crippen LogP contribution in [0.4, 0.5) is 0 Å². The predicted octanol–water partition coefficient (Wildman–Crippen LogP) is -9.29. The number of rotatable bonds is 6. The minimum atomic E-state index is -1.11. The fourth-order valence-electron chi connectivity index (χ4n) is 0.413. The Morgan fingerprint density at radius 1 is 0.867 bits per heavy atom. The van der Waals surface area contributed by atoms with Crippen LogP contribution in [-0.4, -0.2) is 82.6 Å². The normalized spacial score (nSPS) is 6.93. The number of carbonyl (C=O) groups excluding carboxylic acids is 2. The number of hydrogen-bond donors (Lipinski definition) is 0. The summed E-state index contributed by atoms with van der Waals surface area (Å²) in [5, 5.41) is 19.7. The summed E-state index contributed by atoms with van der Waals surface area (Å²) in [6.45, 7) is 0. The molecule has 0 atom stereocenters. The van der Waals surface area contributed by atoms with Crippen molar-refractivity contribution in [3.63, 3.8) is 0 Å². The number of hydrogen-bond acceptors (Lipinski definition) is 5. The number of carboxylic acids is 2. The second-order valence-corrected chi connectivity index (χ2v) is 3.08. The van der Waals surface area contributed by atoms with E-state index in [1.165, 1.54) is 11.8 Å². The van der Waals surface area contributed by atoms with Gasteiger partial charge in [0, 0.05) is 11.9 Å². The van der Waals surface area contributed by atoms with Crippen LogP contribution in [0.15, 0.2) is 0 Å². The second-order valence-electron chi connectivity index (χ2n) is 1.86. The van der Waals surface area contributed by atoms with E-state index < -0.39 is 11.9 Å². The summed E-state index contributed by atoms with van der Waals surface area (Å²) in [6, 6.07) is 0. The molecule has 0 rings (SSSR count). The molecule has 0 amide bonds. The van der Waals surface area contributed by atoms with Gasteiger partial charge in [-0.05, 0) is 24.3 Å². The Morgan fingerprint density at radius 2 is 1.13 bits per heavy atom. The van der Waals surface area contributed by atoms with E-state index in [0.717, 1.165) is 0 Å². The van der Waals surface area contributed by atoms with Gasteiger partial charge in [-0.3, -0.25) is 0 Å². The van der Waals surface area contributed by atoms with E-state index in [4.69, 9.17) is 0 Å². The zero-order valence-electron chi connectivity index (χ0n) is 7.87. The van der Waals surface area contributed by atoms with Crippen molar-refractivity contribution in [1.29, 1.82) is 0 Å². The molecular formula is C6H10K2Na2O4S. The molecule has 0 radical (unpaired) electrons. The molecule has 0 fully saturated rings. The molecule has 0 aliphatic carbocycles. The molecule has 9 heteroatoms. The van der Waals surface area contributed by atoms with Crippen LogP contribution in [0.25, 0.3) is 0 Å². The number of aliphatic carboxylic acids is 2. The molecule has 0 saturated carbocycles. The minimum absolute atomic E-state index is 0. The average molecular weight is 302 g/mol. The first-order valence-corrected chi connectivity index (χ1v) is 4.26. The SMILES string of the molecule is O=C([O-])CCSCCC(=O)[O-].[K+].[K+].[NaH].[NaH]. The average Bonchev–Trinajstić information content (AvgIpc) is 1.85. The monoisotopic (exact) mass is 302 g/mol. The molecule has 15 heavy (non-hydrogen) atoms. The van der Waals surface area contributed by atoms with Crippen LogP contribution in [-0.2, 0) is 9.59 Å². The van der Waals surface area contributed by atoms with E-state index in [2.05, 4.69) is 0 Å². The van der Waals surface area contributed by atoms with Crippen molar-refractivity contribution in [1.82, 2.24) is 0 Å². The van der Waals surface area contributed by atoms with Gasteiger partial charge in [0.05, 0.1) is 0 Å². The van der Waals surface area contributed by atoms with Crippen molar-refractivity contribution >= 4 is 82.8 Å². The molecule has 0 aromatic carbocycles. The maximum absolute atomic E-state index is 9.84. The summed E-state index contributed by atoms with van der Waals surface area (Å²) in [5.74, 6) is -1.41. The van der Waals surface area contributed by atoms with Gasteiger partial charge >= 0.3 is 162 Å². The third-order valence-corrected chi connectivity index (χ3v) is 1.89. The number of carbonyl (C=O) groups is 2. The van der Waals surface area contributed by atoms with Crippen LogP contribution in [0.1, 0.15) is 12.8 Å². The van der Waals surface area contributed by atoms with Crippen molar-refractivity contribution in [2.45, 2.75) is 12.8 Å². The second kappa shape index (κ2) is 23.6. The number of thioether (sulfide) groups is 1. The summed E-state index contributed by atoms with van der Waals surface area (Å²) in [7, 11) is 0. The van der Waals surface area contributed by atoms with Crippen LogP contribution in [0.3, 0.4) is 0 Å². The van der Waals surface area contributed by atoms with Gasteiger partial charge in [-0.2, -0.15) is 11.8 Å². The van der Waals surface area contributed by atoms with Crippen molar-refractivity contribution in [2.75, 3.05) is 11.5 Å². The Hall–Kier alpha value is 4.56. The van der Waals surface area contributed by atoms with Crippen molar-refractivity contribution < 1.29 is 123 Å². The fourth-order valence-corrected chi connectivity index (χ4v) is 1.24. The molecule has 0 aliphatic heterocycles. The molecule has 0 unspecified atom stereocenters. The molecule has 0 N–H and O–H groups in total. The van der Waals surface area contributed by atoms with Crippen molar-refractivity contribution in [2.24, 2.45) is 0 Å². The van der Waals surface area contributed by atoms with E-state index in [0.29, 0.717) is 11.5 Å². The Balaban J connectivity index is -0.0000000833. The third-order valence-electron chi connectivity index (χ3n) is 0.901. The van der Waals surface area contributed by atoms with Crippen LogP contribution in [0, 0.1) is 0 Å². The quantitative estimate of drug-likeness (QED) is 0.360. The molecule has 68 valence electrons. The van der Waals surface area contributed by atoms with E-state index in [9.17, 15) is 19.8 Å². The molecule has 0 aromatic rings. The summed E-state index contributed by atoms with van der Waals surface area (Å²) in [4.78, 5) is 19.7. The summed E-state index contributed by atoms with van der Waals surface area (Å²) < 4.78 is 0. The third kappa shape index (κ3) is 32.3. The van der Waals surface area contributed by atoms with Crippen LogP contribution in [0.2, 0.25) is 0 Å².